The van der Waals surface area contributed by atoms with Crippen molar-refractivity contribution in [2.45, 2.75) is 26.8 Å². The highest BCUT2D eigenvalue weighted by atomic mass is 79.9. The van der Waals surface area contributed by atoms with Crippen molar-refractivity contribution in [2.24, 2.45) is 5.41 Å². The molecule has 1 atom stereocenters. The maximum atomic E-state index is 6.31. The second kappa shape index (κ2) is 5.40. The lowest BCUT2D eigenvalue weighted by Crippen LogP contribution is -2.56. The van der Waals surface area contributed by atoms with Gasteiger partial charge in [-0.15, -0.1) is 0 Å². The first-order chi connectivity index (χ1) is 8.38. The van der Waals surface area contributed by atoms with Gasteiger partial charge in [0.25, 0.3) is 0 Å². The zero-order valence-electron chi connectivity index (χ0n) is 11.1. The fourth-order valence-corrected chi connectivity index (χ4v) is 2.86. The van der Waals surface area contributed by atoms with Gasteiger partial charge in [-0.3, -0.25) is 0 Å². The van der Waals surface area contributed by atoms with Crippen LogP contribution in [0.15, 0.2) is 22.7 Å². The zero-order valence-corrected chi connectivity index (χ0v) is 13.5. The summed E-state index contributed by atoms with van der Waals surface area (Å²) in [4.78, 5) is 2.37. The van der Waals surface area contributed by atoms with Crippen LogP contribution < -0.4 is 10.2 Å². The molecule has 1 N–H and O–H groups in total. The number of halogens is 2. The number of hydrogen-bond donors (Lipinski definition) is 1. The highest BCUT2D eigenvalue weighted by Gasteiger charge is 2.29. The van der Waals surface area contributed by atoms with Crippen LogP contribution >= 0.6 is 27.5 Å². The molecule has 1 unspecified atom stereocenters. The molecule has 1 aliphatic rings. The molecule has 0 aliphatic carbocycles. The van der Waals surface area contributed by atoms with Crippen molar-refractivity contribution in [1.29, 1.82) is 0 Å². The van der Waals surface area contributed by atoms with Gasteiger partial charge in [0.2, 0.25) is 0 Å². The standard InChI is InChI=1S/C14H20BrClN2/c1-14(2,3)13-9-18(7-6-17-13)12-8-10(15)4-5-11(12)16/h4-5,8,13,17H,6-7,9H2,1-3H3. The van der Waals surface area contributed by atoms with E-state index in [-0.39, 0.29) is 5.41 Å². The number of hydrogen-bond acceptors (Lipinski definition) is 2. The highest BCUT2D eigenvalue weighted by Crippen LogP contribution is 2.31. The molecule has 1 aliphatic heterocycles. The van der Waals surface area contributed by atoms with Crippen molar-refractivity contribution < 1.29 is 0 Å². The number of benzene rings is 1. The van der Waals surface area contributed by atoms with Crippen molar-refractivity contribution in [3.8, 4) is 0 Å². The van der Waals surface area contributed by atoms with E-state index in [1.165, 1.54) is 0 Å². The van der Waals surface area contributed by atoms with E-state index in [0.717, 1.165) is 34.8 Å². The minimum Gasteiger partial charge on any atom is -0.367 e. The Morgan fingerprint density at radius 2 is 2.11 bits per heavy atom. The average molecular weight is 332 g/mol. The van der Waals surface area contributed by atoms with Gasteiger partial charge in [-0.05, 0) is 23.6 Å². The Bertz CT molecular complexity index is 428. The summed E-state index contributed by atoms with van der Waals surface area (Å²) in [5.74, 6) is 0. The van der Waals surface area contributed by atoms with Crippen molar-refractivity contribution in [3.63, 3.8) is 0 Å². The van der Waals surface area contributed by atoms with Crippen molar-refractivity contribution in [2.75, 3.05) is 24.5 Å². The Hall–Kier alpha value is -0.250. The van der Waals surface area contributed by atoms with Crippen LogP contribution in [0.4, 0.5) is 5.69 Å². The Morgan fingerprint density at radius 1 is 1.39 bits per heavy atom. The number of nitrogens with one attached hydrogen (secondary N) is 1. The zero-order chi connectivity index (χ0) is 13.3. The molecule has 0 radical (unpaired) electrons. The van der Waals surface area contributed by atoms with Crippen LogP contribution in [-0.2, 0) is 0 Å². The second-order valence-electron chi connectivity index (χ2n) is 5.91. The smallest absolute Gasteiger partial charge is 0.0640 e. The fraction of sp³-hybridized carbons (Fsp3) is 0.571. The van der Waals surface area contributed by atoms with Gasteiger partial charge in [0, 0.05) is 30.1 Å². The Labute approximate surface area is 123 Å². The monoisotopic (exact) mass is 330 g/mol. The topological polar surface area (TPSA) is 15.3 Å². The van der Waals surface area contributed by atoms with Gasteiger partial charge in [-0.2, -0.15) is 0 Å². The van der Waals surface area contributed by atoms with Gasteiger partial charge in [-0.25, -0.2) is 0 Å². The normalized spacial score (nSPS) is 21.2. The molecule has 18 heavy (non-hydrogen) atoms. The number of piperazine rings is 1. The summed E-state index contributed by atoms with van der Waals surface area (Å²) in [6, 6.07) is 6.53. The molecular weight excluding hydrogens is 312 g/mol. The van der Waals surface area contributed by atoms with Gasteiger partial charge >= 0.3 is 0 Å². The van der Waals surface area contributed by atoms with E-state index in [9.17, 15) is 0 Å². The van der Waals surface area contributed by atoms with E-state index >= 15 is 0 Å². The van der Waals surface area contributed by atoms with Gasteiger partial charge < -0.3 is 10.2 Å². The first-order valence-corrected chi connectivity index (χ1v) is 7.48. The molecule has 4 heteroatoms. The lowest BCUT2D eigenvalue weighted by Gasteiger charge is -2.41. The lowest BCUT2D eigenvalue weighted by atomic mass is 9.85. The third-order valence-corrected chi connectivity index (χ3v) is 4.28. The van der Waals surface area contributed by atoms with Crippen LogP contribution in [0.25, 0.3) is 0 Å². The van der Waals surface area contributed by atoms with Crippen molar-refractivity contribution in [1.82, 2.24) is 5.32 Å². The van der Waals surface area contributed by atoms with E-state index in [1.807, 2.05) is 12.1 Å². The van der Waals surface area contributed by atoms with Crippen LogP contribution in [0.1, 0.15) is 20.8 Å². The van der Waals surface area contributed by atoms with Gasteiger partial charge in [0.05, 0.1) is 10.7 Å². The molecule has 2 nitrogen and oxygen atoms in total. The Balaban J connectivity index is 2.21. The van der Waals surface area contributed by atoms with Crippen LogP contribution in [0.2, 0.25) is 5.02 Å². The molecule has 1 fully saturated rings. The second-order valence-corrected chi connectivity index (χ2v) is 7.24. The van der Waals surface area contributed by atoms with Crippen LogP contribution in [0.3, 0.4) is 0 Å². The molecule has 0 bridgehead atoms. The summed E-state index contributed by atoms with van der Waals surface area (Å²) < 4.78 is 1.08. The van der Waals surface area contributed by atoms with Crippen LogP contribution in [0, 0.1) is 5.41 Å². The molecule has 0 aromatic heterocycles. The minimum atomic E-state index is 0.261. The van der Waals surface area contributed by atoms with E-state index in [4.69, 9.17) is 11.6 Å². The molecule has 1 heterocycles. The van der Waals surface area contributed by atoms with E-state index in [2.05, 4.69) is 53.0 Å². The fourth-order valence-electron chi connectivity index (χ4n) is 2.28. The third-order valence-electron chi connectivity index (χ3n) is 3.47. The first-order valence-electron chi connectivity index (χ1n) is 6.31. The van der Waals surface area contributed by atoms with E-state index in [0.29, 0.717) is 6.04 Å². The molecule has 1 saturated heterocycles. The summed E-state index contributed by atoms with van der Waals surface area (Å²) in [5.41, 5.74) is 1.39. The Kier molecular flexibility index (Phi) is 4.25. The molecule has 1 aromatic carbocycles. The average Bonchev–Trinajstić information content (AvgIpc) is 2.31. The molecule has 1 aromatic rings. The lowest BCUT2D eigenvalue weighted by molar-refractivity contribution is 0.254. The summed E-state index contributed by atoms with van der Waals surface area (Å²) in [7, 11) is 0. The SMILES string of the molecule is CC(C)(C)C1CN(c2cc(Br)ccc2Cl)CCN1. The summed E-state index contributed by atoms with van der Waals surface area (Å²) in [5, 5.41) is 4.42. The molecule has 0 saturated carbocycles. The molecule has 2 rings (SSSR count). The van der Waals surface area contributed by atoms with Crippen molar-refractivity contribution in [3.05, 3.63) is 27.7 Å². The maximum Gasteiger partial charge on any atom is 0.0640 e. The Morgan fingerprint density at radius 3 is 2.78 bits per heavy atom. The first kappa shape index (κ1) is 14.2. The molecular formula is C14H20BrClN2. The molecule has 100 valence electrons. The quantitative estimate of drug-likeness (QED) is 0.839. The minimum absolute atomic E-state index is 0.261. The third kappa shape index (κ3) is 3.19. The van der Waals surface area contributed by atoms with Gasteiger partial charge in [0.15, 0.2) is 0 Å². The number of anilines is 1. The summed E-state index contributed by atoms with van der Waals surface area (Å²) >= 11 is 9.83. The summed E-state index contributed by atoms with van der Waals surface area (Å²) in [6.07, 6.45) is 0. The highest BCUT2D eigenvalue weighted by molar-refractivity contribution is 9.10. The van der Waals surface area contributed by atoms with Crippen LogP contribution in [0.5, 0.6) is 0 Å². The van der Waals surface area contributed by atoms with Crippen LogP contribution in [-0.4, -0.2) is 25.7 Å². The van der Waals surface area contributed by atoms with Crippen molar-refractivity contribution >= 4 is 33.2 Å². The predicted molar refractivity (Wildman–Crippen MR) is 82.6 cm³/mol. The maximum absolute atomic E-state index is 6.31. The van der Waals surface area contributed by atoms with Gasteiger partial charge in [0.1, 0.15) is 0 Å². The molecule has 0 amide bonds. The predicted octanol–water partition coefficient (Wildman–Crippen LogP) is 3.93. The molecule has 0 spiro atoms. The van der Waals surface area contributed by atoms with Gasteiger partial charge in [-0.1, -0.05) is 48.3 Å². The largest absolute Gasteiger partial charge is 0.367 e. The van der Waals surface area contributed by atoms with E-state index in [1.54, 1.807) is 0 Å². The summed E-state index contributed by atoms with van der Waals surface area (Å²) in [6.45, 7) is 9.83. The number of rotatable bonds is 1. The van der Waals surface area contributed by atoms with E-state index < -0.39 is 0 Å². The number of nitrogens with zero attached hydrogens (tertiary/aromatic N) is 1.